The molecule has 1 fully saturated rings. The maximum Gasteiger partial charge on any atom is 0.115 e. The minimum atomic E-state index is 0.333. The second-order valence-corrected chi connectivity index (χ2v) is 5.52. The normalized spacial score (nSPS) is 17.2. The summed E-state index contributed by atoms with van der Waals surface area (Å²) in [5.41, 5.74) is 1.22. The first-order valence-electron chi connectivity index (χ1n) is 6.13. The summed E-state index contributed by atoms with van der Waals surface area (Å²) in [5, 5.41) is 12.6. The van der Waals surface area contributed by atoms with E-state index in [9.17, 15) is 0 Å². The fourth-order valence-corrected chi connectivity index (χ4v) is 2.89. The summed E-state index contributed by atoms with van der Waals surface area (Å²) in [6.45, 7) is 5.50. The first-order chi connectivity index (χ1) is 8.34. The molecule has 1 aliphatic heterocycles. The molecule has 0 amide bonds. The van der Waals surface area contributed by atoms with Crippen LogP contribution in [0.5, 0.6) is 5.75 Å². The van der Waals surface area contributed by atoms with Crippen molar-refractivity contribution in [2.24, 2.45) is 0 Å². The lowest BCUT2D eigenvalue weighted by molar-refractivity contribution is 0.301. The van der Waals surface area contributed by atoms with Gasteiger partial charge in [0.15, 0.2) is 0 Å². The van der Waals surface area contributed by atoms with Crippen LogP contribution in [0.1, 0.15) is 5.56 Å². The van der Waals surface area contributed by atoms with Crippen LogP contribution < -0.4 is 5.32 Å². The van der Waals surface area contributed by atoms with E-state index in [2.05, 4.69) is 22.0 Å². The number of phenols is 1. The number of nitrogens with one attached hydrogen (secondary N) is 1. The Hall–Kier alpha value is -0.710. The average Bonchev–Trinajstić information content (AvgIpc) is 2.38. The van der Waals surface area contributed by atoms with Gasteiger partial charge in [-0.2, -0.15) is 11.8 Å². The lowest BCUT2D eigenvalue weighted by Gasteiger charge is -2.26. The van der Waals surface area contributed by atoms with Crippen molar-refractivity contribution in [3.8, 4) is 5.75 Å². The molecule has 0 unspecified atom stereocenters. The van der Waals surface area contributed by atoms with Crippen LogP contribution in [0.2, 0.25) is 0 Å². The minimum absolute atomic E-state index is 0.333. The molecule has 0 saturated carbocycles. The number of hydrogen-bond acceptors (Lipinski definition) is 4. The van der Waals surface area contributed by atoms with Crippen LogP contribution >= 0.6 is 11.8 Å². The zero-order valence-corrected chi connectivity index (χ0v) is 10.9. The minimum Gasteiger partial charge on any atom is -0.508 e. The first-order valence-corrected chi connectivity index (χ1v) is 7.29. The molecule has 1 aliphatic rings. The summed E-state index contributed by atoms with van der Waals surface area (Å²) in [6, 6.07) is 7.39. The first kappa shape index (κ1) is 12.7. The van der Waals surface area contributed by atoms with E-state index in [1.807, 2.05) is 12.1 Å². The van der Waals surface area contributed by atoms with E-state index in [-0.39, 0.29) is 0 Å². The van der Waals surface area contributed by atoms with Crippen LogP contribution in [0.4, 0.5) is 0 Å². The van der Waals surface area contributed by atoms with Gasteiger partial charge in [0.05, 0.1) is 0 Å². The molecule has 0 aliphatic carbocycles. The van der Waals surface area contributed by atoms with Crippen LogP contribution in [-0.4, -0.2) is 47.7 Å². The highest BCUT2D eigenvalue weighted by atomic mass is 32.2. The summed E-state index contributed by atoms with van der Waals surface area (Å²) in [5.74, 6) is 2.88. The maximum absolute atomic E-state index is 9.17. The highest BCUT2D eigenvalue weighted by molar-refractivity contribution is 7.99. The Labute approximate surface area is 107 Å². The van der Waals surface area contributed by atoms with E-state index in [0.29, 0.717) is 5.75 Å². The summed E-state index contributed by atoms with van der Waals surface area (Å²) in [7, 11) is 0. The average molecular weight is 252 g/mol. The van der Waals surface area contributed by atoms with Crippen molar-refractivity contribution in [3.05, 3.63) is 29.8 Å². The van der Waals surface area contributed by atoms with E-state index < -0.39 is 0 Å². The van der Waals surface area contributed by atoms with Crippen molar-refractivity contribution in [1.29, 1.82) is 0 Å². The van der Waals surface area contributed by atoms with Crippen LogP contribution in [0.3, 0.4) is 0 Å². The number of nitrogens with zero attached hydrogens (tertiary/aromatic N) is 1. The Balaban J connectivity index is 1.60. The standard InChI is InChI=1S/C13H20N2OS/c16-13-3-1-12(2-4-13)11-14-5-6-15-7-9-17-10-8-15/h1-4,14,16H,5-11H2. The number of thioether (sulfide) groups is 1. The quantitative estimate of drug-likeness (QED) is 0.779. The summed E-state index contributed by atoms with van der Waals surface area (Å²) >= 11 is 2.05. The fraction of sp³-hybridized carbons (Fsp3) is 0.538. The van der Waals surface area contributed by atoms with E-state index >= 15 is 0 Å². The molecule has 17 heavy (non-hydrogen) atoms. The molecule has 1 aromatic rings. The SMILES string of the molecule is Oc1ccc(CNCCN2CCSCC2)cc1. The highest BCUT2D eigenvalue weighted by Crippen LogP contribution is 2.09. The summed E-state index contributed by atoms with van der Waals surface area (Å²) in [6.07, 6.45) is 0. The van der Waals surface area contributed by atoms with Crippen molar-refractivity contribution in [2.45, 2.75) is 6.54 Å². The molecule has 1 aromatic carbocycles. The lowest BCUT2D eigenvalue weighted by atomic mass is 10.2. The second-order valence-electron chi connectivity index (χ2n) is 4.30. The Morgan fingerprint density at radius 3 is 2.59 bits per heavy atom. The summed E-state index contributed by atoms with van der Waals surface area (Å²) < 4.78 is 0. The van der Waals surface area contributed by atoms with Gasteiger partial charge in [0.25, 0.3) is 0 Å². The Bertz CT molecular complexity index is 323. The predicted molar refractivity (Wildman–Crippen MR) is 73.6 cm³/mol. The van der Waals surface area contributed by atoms with Gasteiger partial charge in [-0.05, 0) is 17.7 Å². The molecule has 0 bridgehead atoms. The molecule has 94 valence electrons. The number of phenolic OH excluding ortho intramolecular Hbond substituents is 1. The lowest BCUT2D eigenvalue weighted by Crippen LogP contribution is -2.37. The topological polar surface area (TPSA) is 35.5 Å². The van der Waals surface area contributed by atoms with Gasteiger partial charge in [0.2, 0.25) is 0 Å². The zero-order valence-electron chi connectivity index (χ0n) is 10.1. The third-order valence-electron chi connectivity index (χ3n) is 2.97. The van der Waals surface area contributed by atoms with Crippen molar-refractivity contribution in [1.82, 2.24) is 10.2 Å². The molecule has 3 nitrogen and oxygen atoms in total. The zero-order chi connectivity index (χ0) is 11.9. The van der Waals surface area contributed by atoms with Gasteiger partial charge in [0, 0.05) is 44.2 Å². The van der Waals surface area contributed by atoms with Crippen molar-refractivity contribution in [2.75, 3.05) is 37.7 Å². The maximum atomic E-state index is 9.17. The monoisotopic (exact) mass is 252 g/mol. The van der Waals surface area contributed by atoms with E-state index in [4.69, 9.17) is 5.11 Å². The molecular weight excluding hydrogens is 232 g/mol. The van der Waals surface area contributed by atoms with Crippen LogP contribution in [0.25, 0.3) is 0 Å². The van der Waals surface area contributed by atoms with Gasteiger partial charge in [-0.1, -0.05) is 12.1 Å². The Morgan fingerprint density at radius 2 is 1.88 bits per heavy atom. The van der Waals surface area contributed by atoms with Crippen LogP contribution in [0.15, 0.2) is 24.3 Å². The summed E-state index contributed by atoms with van der Waals surface area (Å²) in [4.78, 5) is 2.51. The molecule has 0 atom stereocenters. The van der Waals surface area contributed by atoms with Gasteiger partial charge in [-0.15, -0.1) is 0 Å². The van der Waals surface area contributed by atoms with E-state index in [1.54, 1.807) is 12.1 Å². The van der Waals surface area contributed by atoms with Crippen molar-refractivity contribution in [3.63, 3.8) is 0 Å². The molecule has 2 rings (SSSR count). The second kappa shape index (κ2) is 6.89. The Kier molecular flexibility index (Phi) is 5.16. The van der Waals surface area contributed by atoms with Crippen molar-refractivity contribution >= 4 is 11.8 Å². The van der Waals surface area contributed by atoms with Gasteiger partial charge in [0.1, 0.15) is 5.75 Å². The molecule has 0 spiro atoms. The largest absolute Gasteiger partial charge is 0.508 e. The van der Waals surface area contributed by atoms with Crippen LogP contribution in [0, 0.1) is 0 Å². The number of benzene rings is 1. The highest BCUT2D eigenvalue weighted by Gasteiger charge is 2.08. The molecular formula is C13H20N2OS. The smallest absolute Gasteiger partial charge is 0.115 e. The van der Waals surface area contributed by atoms with E-state index in [0.717, 1.165) is 19.6 Å². The van der Waals surface area contributed by atoms with Crippen LogP contribution in [-0.2, 0) is 6.54 Å². The molecule has 1 saturated heterocycles. The van der Waals surface area contributed by atoms with Gasteiger partial charge in [-0.3, -0.25) is 0 Å². The number of hydrogen-bond donors (Lipinski definition) is 2. The van der Waals surface area contributed by atoms with Gasteiger partial charge >= 0.3 is 0 Å². The van der Waals surface area contributed by atoms with Gasteiger partial charge < -0.3 is 15.3 Å². The molecule has 2 N–H and O–H groups in total. The number of rotatable bonds is 5. The van der Waals surface area contributed by atoms with Gasteiger partial charge in [-0.25, -0.2) is 0 Å². The van der Waals surface area contributed by atoms with Crippen molar-refractivity contribution < 1.29 is 5.11 Å². The van der Waals surface area contributed by atoms with E-state index in [1.165, 1.54) is 30.2 Å². The third-order valence-corrected chi connectivity index (χ3v) is 3.92. The molecule has 1 heterocycles. The predicted octanol–water partition coefficient (Wildman–Crippen LogP) is 1.53. The Morgan fingerprint density at radius 1 is 1.18 bits per heavy atom. The molecule has 4 heteroatoms. The number of aromatic hydroxyl groups is 1. The molecule has 0 aromatic heterocycles. The third kappa shape index (κ3) is 4.58. The molecule has 0 radical (unpaired) electrons. The fourth-order valence-electron chi connectivity index (χ4n) is 1.91.